The molecule has 0 bridgehead atoms. The van der Waals surface area contributed by atoms with Crippen molar-refractivity contribution < 1.29 is 18.1 Å². The van der Waals surface area contributed by atoms with Gasteiger partial charge >= 0.3 is 0 Å². The molecule has 2 heterocycles. The molecule has 0 radical (unpaired) electrons. The molecule has 2 aromatic carbocycles. The van der Waals surface area contributed by atoms with E-state index in [4.69, 9.17) is 5.14 Å². The number of primary sulfonamides is 1. The number of thioether (sulfide) groups is 1. The Morgan fingerprint density at radius 1 is 1.10 bits per heavy atom. The van der Waals surface area contributed by atoms with Gasteiger partial charge in [0.2, 0.25) is 15.9 Å². The molecule has 204 valence electrons. The van der Waals surface area contributed by atoms with Crippen LogP contribution in [-0.2, 0) is 33.5 Å². The lowest BCUT2D eigenvalue weighted by Crippen LogP contribution is -2.27. The van der Waals surface area contributed by atoms with Crippen LogP contribution < -0.4 is 16.0 Å². The number of benzene rings is 2. The molecule has 0 aliphatic heterocycles. The minimum absolute atomic E-state index is 0.0108. The smallest absolute Gasteiger partial charge is 0.272 e. The highest BCUT2D eigenvalue weighted by atomic mass is 32.2. The van der Waals surface area contributed by atoms with E-state index in [2.05, 4.69) is 10.3 Å². The summed E-state index contributed by atoms with van der Waals surface area (Å²) in [5, 5.41) is 21.2. The van der Waals surface area contributed by atoms with E-state index in [1.807, 2.05) is 5.38 Å². The molecule has 2 aromatic heterocycles. The van der Waals surface area contributed by atoms with E-state index in [-0.39, 0.29) is 28.5 Å². The van der Waals surface area contributed by atoms with Crippen molar-refractivity contribution in [3.8, 4) is 0 Å². The summed E-state index contributed by atoms with van der Waals surface area (Å²) >= 11 is 2.68. The molecule has 0 spiro atoms. The number of nitrogens with one attached hydrogen (secondary N) is 1. The number of aromatic nitrogens is 2. The number of fused-ring (bicyclic) bond motifs is 1. The molecule has 4 rings (SSSR count). The van der Waals surface area contributed by atoms with Gasteiger partial charge < -0.3 is 5.32 Å². The van der Waals surface area contributed by atoms with Crippen LogP contribution in [0, 0.1) is 10.1 Å². The molecule has 0 saturated carbocycles. The molecule has 4 aromatic rings. The first-order chi connectivity index (χ1) is 18.6. The number of non-ortho nitro benzene ring substituents is 1. The monoisotopic (exact) mass is 587 g/mol. The van der Waals surface area contributed by atoms with Crippen molar-refractivity contribution in [1.29, 1.82) is 0 Å². The third kappa shape index (κ3) is 7.50. The number of nitro groups is 1. The van der Waals surface area contributed by atoms with Crippen LogP contribution in [0.4, 0.5) is 5.69 Å². The molecule has 0 atom stereocenters. The van der Waals surface area contributed by atoms with Gasteiger partial charge in [-0.15, -0.1) is 11.3 Å². The molecule has 0 saturated heterocycles. The van der Waals surface area contributed by atoms with Gasteiger partial charge in [0.05, 0.1) is 15.3 Å². The molecular formula is C25H25N5O6S3. The Morgan fingerprint density at radius 2 is 1.79 bits per heavy atom. The second kappa shape index (κ2) is 12.5. The van der Waals surface area contributed by atoms with Crippen LogP contribution in [0.1, 0.15) is 24.0 Å². The minimum atomic E-state index is -3.75. The van der Waals surface area contributed by atoms with Gasteiger partial charge in [-0.1, -0.05) is 36.0 Å². The zero-order valence-corrected chi connectivity index (χ0v) is 23.1. The van der Waals surface area contributed by atoms with Crippen molar-refractivity contribution in [2.24, 2.45) is 5.14 Å². The van der Waals surface area contributed by atoms with Gasteiger partial charge in [0, 0.05) is 37.4 Å². The van der Waals surface area contributed by atoms with E-state index in [0.717, 1.165) is 11.1 Å². The Hall–Kier alpha value is -3.59. The highest BCUT2D eigenvalue weighted by molar-refractivity contribution is 7.98. The predicted octanol–water partition coefficient (Wildman–Crippen LogP) is 3.45. The molecular weight excluding hydrogens is 563 g/mol. The fourth-order valence-electron chi connectivity index (χ4n) is 3.77. The van der Waals surface area contributed by atoms with Gasteiger partial charge in [-0.3, -0.25) is 24.3 Å². The number of hydrogen-bond acceptors (Lipinski definition) is 9. The minimum Gasteiger partial charge on any atom is -0.356 e. The Labute approximate surface area is 232 Å². The van der Waals surface area contributed by atoms with Crippen molar-refractivity contribution in [2.75, 3.05) is 6.54 Å². The lowest BCUT2D eigenvalue weighted by molar-refractivity contribution is -0.384. The zero-order chi connectivity index (χ0) is 28.0. The summed E-state index contributed by atoms with van der Waals surface area (Å²) in [6.07, 6.45) is 1.17. The molecule has 14 heteroatoms. The van der Waals surface area contributed by atoms with E-state index < -0.39 is 14.9 Å². The van der Waals surface area contributed by atoms with Gasteiger partial charge in [0.1, 0.15) is 4.70 Å². The Morgan fingerprint density at radius 3 is 2.46 bits per heavy atom. The zero-order valence-electron chi connectivity index (χ0n) is 20.6. The van der Waals surface area contributed by atoms with Crippen molar-refractivity contribution in [3.05, 3.63) is 91.6 Å². The maximum Gasteiger partial charge on any atom is 0.272 e. The third-order valence-electron chi connectivity index (χ3n) is 5.82. The number of nitrogens with zero attached hydrogens (tertiary/aromatic N) is 3. The number of nitrogens with two attached hydrogens (primary N) is 1. The van der Waals surface area contributed by atoms with E-state index in [1.165, 1.54) is 47.4 Å². The van der Waals surface area contributed by atoms with Crippen LogP contribution in [0.3, 0.4) is 0 Å². The first-order valence-electron chi connectivity index (χ1n) is 11.8. The van der Waals surface area contributed by atoms with Gasteiger partial charge in [-0.05, 0) is 47.5 Å². The standard InChI is InChI=1S/C25H25N5O6S3/c26-39(35,36)20-9-5-17(6-10-20)11-13-27-22(31)2-1-14-29-24(32)23-21(12-15-37-23)28-25(29)38-16-18-3-7-19(8-4-18)30(33)34/h3-10,12,15H,1-2,11,13-14,16H2,(H,27,31)(H2,26,35,36). The number of sulfonamides is 1. The molecule has 3 N–H and O–H groups in total. The SMILES string of the molecule is NS(=O)(=O)c1ccc(CCNC(=O)CCCn2c(SCc3ccc([N+](=O)[O-])cc3)nc3ccsc3c2=O)cc1. The summed E-state index contributed by atoms with van der Waals surface area (Å²) in [5.41, 5.74) is 2.18. The number of carbonyl (C=O) groups excluding carboxylic acids is 1. The van der Waals surface area contributed by atoms with Gasteiger partial charge in [0.15, 0.2) is 5.16 Å². The first kappa shape index (κ1) is 28.4. The molecule has 0 unspecified atom stereocenters. The Kier molecular flexibility index (Phi) is 9.12. The molecule has 1 amide bonds. The van der Waals surface area contributed by atoms with Gasteiger partial charge in [-0.25, -0.2) is 18.5 Å². The average Bonchev–Trinajstić information content (AvgIpc) is 3.38. The molecule has 0 aliphatic rings. The summed E-state index contributed by atoms with van der Waals surface area (Å²) < 4.78 is 24.8. The van der Waals surface area contributed by atoms with Crippen molar-refractivity contribution >= 4 is 54.9 Å². The fraction of sp³-hybridized carbons (Fsp3) is 0.240. The maximum atomic E-state index is 13.1. The molecule has 0 fully saturated rings. The van der Waals surface area contributed by atoms with Crippen LogP contribution in [-0.4, -0.2) is 35.3 Å². The normalized spacial score (nSPS) is 11.5. The number of amides is 1. The fourth-order valence-corrected chi connectivity index (χ4v) is 6.05. The molecule has 11 nitrogen and oxygen atoms in total. The first-order valence-corrected chi connectivity index (χ1v) is 15.3. The summed E-state index contributed by atoms with van der Waals surface area (Å²) in [5.74, 6) is 0.313. The van der Waals surface area contributed by atoms with Crippen molar-refractivity contribution in [1.82, 2.24) is 14.9 Å². The largest absolute Gasteiger partial charge is 0.356 e. The van der Waals surface area contributed by atoms with E-state index in [9.17, 15) is 28.1 Å². The average molecular weight is 588 g/mol. The summed E-state index contributed by atoms with van der Waals surface area (Å²) in [6.45, 7) is 0.692. The number of carbonyl (C=O) groups is 1. The van der Waals surface area contributed by atoms with E-state index in [0.29, 0.717) is 47.1 Å². The maximum absolute atomic E-state index is 13.1. The Balaban J connectivity index is 1.33. The second-order valence-electron chi connectivity index (χ2n) is 8.59. The predicted molar refractivity (Wildman–Crippen MR) is 150 cm³/mol. The van der Waals surface area contributed by atoms with Gasteiger partial charge in [-0.2, -0.15) is 0 Å². The van der Waals surface area contributed by atoms with Crippen molar-refractivity contribution in [2.45, 2.75) is 41.6 Å². The number of nitro benzene ring substituents is 1. The van der Waals surface area contributed by atoms with Gasteiger partial charge in [0.25, 0.3) is 11.2 Å². The Bertz CT molecular complexity index is 1650. The third-order valence-corrected chi connectivity index (χ3v) is 8.69. The lowest BCUT2D eigenvalue weighted by Gasteiger charge is -2.12. The van der Waals surface area contributed by atoms with E-state index in [1.54, 1.807) is 34.9 Å². The summed E-state index contributed by atoms with van der Waals surface area (Å²) in [7, 11) is -3.75. The van der Waals surface area contributed by atoms with Crippen LogP contribution in [0.2, 0.25) is 0 Å². The topological polar surface area (TPSA) is 167 Å². The number of rotatable bonds is 12. The van der Waals surface area contributed by atoms with Crippen LogP contribution >= 0.6 is 23.1 Å². The summed E-state index contributed by atoms with van der Waals surface area (Å²) in [6, 6.07) is 14.2. The van der Waals surface area contributed by atoms with Crippen molar-refractivity contribution in [3.63, 3.8) is 0 Å². The lowest BCUT2D eigenvalue weighted by atomic mass is 10.1. The highest BCUT2D eigenvalue weighted by Gasteiger charge is 2.14. The van der Waals surface area contributed by atoms with Crippen LogP contribution in [0.15, 0.2) is 74.8 Å². The van der Waals surface area contributed by atoms with Crippen LogP contribution in [0.25, 0.3) is 10.2 Å². The number of hydrogen-bond donors (Lipinski definition) is 2. The molecule has 39 heavy (non-hydrogen) atoms. The number of thiophene rings is 1. The van der Waals surface area contributed by atoms with Crippen LogP contribution in [0.5, 0.6) is 0 Å². The highest BCUT2D eigenvalue weighted by Crippen LogP contribution is 2.25. The summed E-state index contributed by atoms with van der Waals surface area (Å²) in [4.78, 5) is 40.6. The van der Waals surface area contributed by atoms with E-state index >= 15 is 0 Å². The molecule has 0 aliphatic carbocycles. The quantitative estimate of drug-likeness (QED) is 0.110. The second-order valence-corrected chi connectivity index (χ2v) is 12.0.